The Kier molecular flexibility index (Phi) is 1.76. The fourth-order valence-electron chi connectivity index (χ4n) is 1.57. The minimum atomic E-state index is 1.13. The molecule has 11 heavy (non-hydrogen) atoms. The average Bonchev–Trinajstić information content (AvgIpc) is 2.35. The van der Waals surface area contributed by atoms with Gasteiger partial charge in [0, 0.05) is 0 Å². The van der Waals surface area contributed by atoms with Crippen LogP contribution < -0.4 is 0 Å². The topological polar surface area (TPSA) is 0 Å². The van der Waals surface area contributed by atoms with Gasteiger partial charge in [-0.1, -0.05) is 36.5 Å². The second kappa shape index (κ2) is 2.91. The van der Waals surface area contributed by atoms with Gasteiger partial charge in [0.2, 0.25) is 0 Å². The van der Waals surface area contributed by atoms with Crippen molar-refractivity contribution in [2.75, 3.05) is 0 Å². The molecule has 0 aromatic rings. The third kappa shape index (κ3) is 1.35. The van der Waals surface area contributed by atoms with E-state index >= 15 is 0 Å². The van der Waals surface area contributed by atoms with Crippen molar-refractivity contribution in [2.24, 2.45) is 0 Å². The van der Waals surface area contributed by atoms with Gasteiger partial charge in [-0.15, -0.1) is 0 Å². The van der Waals surface area contributed by atoms with E-state index in [9.17, 15) is 0 Å². The first-order chi connectivity index (χ1) is 5.47. The first-order valence-corrected chi connectivity index (χ1v) is 4.19. The Bertz CT molecular complexity index is 262. The third-order valence-corrected chi connectivity index (χ3v) is 2.18. The molecule has 0 aromatic carbocycles. The number of allylic oxidation sites excluding steroid dienone is 8. The van der Waals surface area contributed by atoms with Crippen molar-refractivity contribution in [1.29, 1.82) is 0 Å². The lowest BCUT2D eigenvalue weighted by atomic mass is 10.0. The molecule has 0 nitrogen and oxygen atoms in total. The summed E-state index contributed by atoms with van der Waals surface area (Å²) in [5.74, 6) is 0. The molecule has 0 aliphatic heterocycles. The molecule has 0 heteroatoms. The molecule has 0 N–H and O–H groups in total. The summed E-state index contributed by atoms with van der Waals surface area (Å²) in [5.41, 5.74) is 2.97. The smallest absolute Gasteiger partial charge is 0.0154 e. The average molecular weight is 144 g/mol. The van der Waals surface area contributed by atoms with Crippen molar-refractivity contribution < 1.29 is 0 Å². The Morgan fingerprint density at radius 2 is 2.09 bits per heavy atom. The van der Waals surface area contributed by atoms with Crippen molar-refractivity contribution in [3.8, 4) is 0 Å². The Morgan fingerprint density at radius 1 is 1.09 bits per heavy atom. The minimum absolute atomic E-state index is 1.13. The van der Waals surface area contributed by atoms with E-state index in [1.54, 1.807) is 0 Å². The van der Waals surface area contributed by atoms with Gasteiger partial charge in [-0.2, -0.15) is 0 Å². The van der Waals surface area contributed by atoms with E-state index in [2.05, 4.69) is 36.5 Å². The highest BCUT2D eigenvalue weighted by Crippen LogP contribution is 2.25. The van der Waals surface area contributed by atoms with E-state index in [1.165, 1.54) is 24.0 Å². The summed E-state index contributed by atoms with van der Waals surface area (Å²) >= 11 is 0. The Labute approximate surface area is 67.6 Å². The number of hydrogen-bond acceptors (Lipinski definition) is 0. The minimum Gasteiger partial charge on any atom is -0.0842 e. The van der Waals surface area contributed by atoms with Gasteiger partial charge < -0.3 is 0 Å². The van der Waals surface area contributed by atoms with Crippen LogP contribution in [-0.4, -0.2) is 0 Å². The zero-order valence-electron chi connectivity index (χ0n) is 6.59. The van der Waals surface area contributed by atoms with Crippen LogP contribution >= 0.6 is 0 Å². The van der Waals surface area contributed by atoms with Gasteiger partial charge in [-0.25, -0.2) is 0 Å². The monoisotopic (exact) mass is 144 g/mol. The maximum atomic E-state index is 2.33. The quantitative estimate of drug-likeness (QED) is 0.490. The zero-order valence-corrected chi connectivity index (χ0v) is 6.59. The summed E-state index contributed by atoms with van der Waals surface area (Å²) in [6.07, 6.45) is 16.9. The number of hydrogen-bond donors (Lipinski definition) is 0. The fraction of sp³-hybridized carbons (Fsp3) is 0.273. The predicted octanol–water partition coefficient (Wildman–Crippen LogP) is 3.15. The molecule has 0 bridgehead atoms. The second-order valence-electron chi connectivity index (χ2n) is 2.95. The summed E-state index contributed by atoms with van der Waals surface area (Å²) in [5, 5.41) is 0. The van der Waals surface area contributed by atoms with Crippen LogP contribution in [0.15, 0.2) is 47.6 Å². The lowest BCUT2D eigenvalue weighted by Gasteiger charge is -2.03. The Balaban J connectivity index is 2.28. The van der Waals surface area contributed by atoms with Gasteiger partial charge in [-0.3, -0.25) is 0 Å². The third-order valence-electron chi connectivity index (χ3n) is 2.18. The predicted molar refractivity (Wildman–Crippen MR) is 48.3 cm³/mol. The number of fused-ring (bicyclic) bond motifs is 1. The molecule has 0 amide bonds. The molecule has 0 fully saturated rings. The molecule has 0 heterocycles. The normalized spacial score (nSPS) is 27.6. The lowest BCUT2D eigenvalue weighted by molar-refractivity contribution is 0.994. The van der Waals surface area contributed by atoms with Crippen LogP contribution in [0.2, 0.25) is 0 Å². The molecule has 0 saturated heterocycles. The molecule has 0 atom stereocenters. The SMILES string of the molecule is C1=C2/C=C\C=C/CCC2=CC1. The van der Waals surface area contributed by atoms with Crippen molar-refractivity contribution in [3.63, 3.8) is 0 Å². The molecule has 2 aliphatic carbocycles. The Hall–Kier alpha value is -1.04. The van der Waals surface area contributed by atoms with Crippen molar-refractivity contribution >= 4 is 0 Å². The largest absolute Gasteiger partial charge is 0.0842 e. The summed E-state index contributed by atoms with van der Waals surface area (Å²) < 4.78 is 0. The van der Waals surface area contributed by atoms with Crippen LogP contribution in [0.5, 0.6) is 0 Å². The van der Waals surface area contributed by atoms with Crippen LogP contribution in [0.1, 0.15) is 19.3 Å². The molecular formula is C11H12. The maximum absolute atomic E-state index is 2.33. The highest BCUT2D eigenvalue weighted by Gasteiger charge is 2.06. The molecule has 0 saturated carbocycles. The van der Waals surface area contributed by atoms with Gasteiger partial charge in [0.05, 0.1) is 0 Å². The van der Waals surface area contributed by atoms with E-state index < -0.39 is 0 Å². The summed E-state index contributed by atoms with van der Waals surface area (Å²) in [4.78, 5) is 0. The molecule has 2 aliphatic rings. The molecule has 0 unspecified atom stereocenters. The standard InChI is InChI=1S/C11H12/c1-2-4-7-11-9-5-8-10(11)6-3-1/h1-3,6,8-9H,4-5,7H2/b2-1-,6-3-. The highest BCUT2D eigenvalue weighted by molar-refractivity contribution is 5.46. The van der Waals surface area contributed by atoms with E-state index in [-0.39, 0.29) is 0 Å². The highest BCUT2D eigenvalue weighted by atomic mass is 14.1. The number of rotatable bonds is 0. The zero-order chi connectivity index (χ0) is 7.52. The van der Waals surface area contributed by atoms with Crippen LogP contribution in [0, 0.1) is 0 Å². The molecule has 0 radical (unpaired) electrons. The molecule has 0 spiro atoms. The van der Waals surface area contributed by atoms with Crippen LogP contribution in [0.25, 0.3) is 0 Å². The van der Waals surface area contributed by atoms with Crippen molar-refractivity contribution in [2.45, 2.75) is 19.3 Å². The lowest BCUT2D eigenvalue weighted by Crippen LogP contribution is -1.84. The maximum Gasteiger partial charge on any atom is -0.0154 e. The van der Waals surface area contributed by atoms with Crippen LogP contribution in [-0.2, 0) is 0 Å². The van der Waals surface area contributed by atoms with Crippen molar-refractivity contribution in [1.82, 2.24) is 0 Å². The van der Waals surface area contributed by atoms with E-state index in [1.807, 2.05) is 0 Å². The molecule has 0 aromatic heterocycles. The second-order valence-corrected chi connectivity index (χ2v) is 2.95. The van der Waals surface area contributed by atoms with Gasteiger partial charge >= 0.3 is 0 Å². The molecular weight excluding hydrogens is 132 g/mol. The van der Waals surface area contributed by atoms with Crippen LogP contribution in [0.4, 0.5) is 0 Å². The first kappa shape index (κ1) is 6.66. The Morgan fingerprint density at radius 3 is 3.09 bits per heavy atom. The fourth-order valence-corrected chi connectivity index (χ4v) is 1.57. The van der Waals surface area contributed by atoms with E-state index in [0.717, 1.165) is 6.42 Å². The summed E-state index contributed by atoms with van der Waals surface area (Å²) in [7, 11) is 0. The molecule has 56 valence electrons. The van der Waals surface area contributed by atoms with Gasteiger partial charge in [0.1, 0.15) is 0 Å². The van der Waals surface area contributed by atoms with Gasteiger partial charge in [0.25, 0.3) is 0 Å². The van der Waals surface area contributed by atoms with E-state index in [0.29, 0.717) is 0 Å². The summed E-state index contributed by atoms with van der Waals surface area (Å²) in [6.45, 7) is 0. The summed E-state index contributed by atoms with van der Waals surface area (Å²) in [6, 6.07) is 0. The molecule has 2 rings (SSSR count). The van der Waals surface area contributed by atoms with Crippen LogP contribution in [0.3, 0.4) is 0 Å². The van der Waals surface area contributed by atoms with Gasteiger partial charge in [-0.05, 0) is 30.4 Å². The van der Waals surface area contributed by atoms with E-state index in [4.69, 9.17) is 0 Å². The van der Waals surface area contributed by atoms with Gasteiger partial charge in [0.15, 0.2) is 0 Å². The van der Waals surface area contributed by atoms with Crippen molar-refractivity contribution in [3.05, 3.63) is 47.6 Å². The first-order valence-electron chi connectivity index (χ1n) is 4.19.